The number of aryl methyl sites for hydroxylation is 3. The SMILES string of the molecule is Cc1cc(C)c(SN2Cc3ccccc3CC2C(=O)NCCc2ccccc2C#N)c(C)c1. The average molecular weight is 456 g/mol. The van der Waals surface area contributed by atoms with E-state index in [2.05, 4.69) is 66.8 Å². The largest absolute Gasteiger partial charge is 0.354 e. The van der Waals surface area contributed by atoms with Gasteiger partial charge in [-0.15, -0.1) is 0 Å². The Morgan fingerprint density at radius 2 is 1.73 bits per heavy atom. The van der Waals surface area contributed by atoms with Crippen LogP contribution in [-0.4, -0.2) is 22.8 Å². The lowest BCUT2D eigenvalue weighted by Gasteiger charge is -2.35. The van der Waals surface area contributed by atoms with Gasteiger partial charge in [-0.05, 0) is 79.4 Å². The smallest absolute Gasteiger partial charge is 0.238 e. The van der Waals surface area contributed by atoms with E-state index in [1.54, 1.807) is 11.9 Å². The molecule has 0 saturated carbocycles. The predicted molar refractivity (Wildman–Crippen MR) is 134 cm³/mol. The summed E-state index contributed by atoms with van der Waals surface area (Å²) in [6, 6.07) is 22.4. The summed E-state index contributed by atoms with van der Waals surface area (Å²) in [4.78, 5) is 14.6. The molecule has 1 aliphatic heterocycles. The number of nitriles is 1. The maximum absolute atomic E-state index is 13.3. The van der Waals surface area contributed by atoms with E-state index in [0.29, 0.717) is 24.9 Å². The standard InChI is InChI=1S/C28H29N3OS/c1-19-14-20(2)27(21(3)15-19)33-31-18-25-11-7-5-9-23(25)16-26(31)28(32)30-13-12-22-8-4-6-10-24(22)17-29/h4-11,14-15,26H,12-13,16,18H2,1-3H3,(H,30,32). The molecule has 0 aromatic heterocycles. The summed E-state index contributed by atoms with van der Waals surface area (Å²) < 4.78 is 2.23. The van der Waals surface area contributed by atoms with Crippen molar-refractivity contribution in [2.24, 2.45) is 0 Å². The topological polar surface area (TPSA) is 56.1 Å². The highest BCUT2D eigenvalue weighted by atomic mass is 32.2. The summed E-state index contributed by atoms with van der Waals surface area (Å²) in [6.07, 6.45) is 1.33. The maximum atomic E-state index is 13.3. The third-order valence-electron chi connectivity index (χ3n) is 6.15. The summed E-state index contributed by atoms with van der Waals surface area (Å²) in [5, 5.41) is 12.4. The molecular formula is C28H29N3OS. The van der Waals surface area contributed by atoms with Gasteiger partial charge in [-0.3, -0.25) is 4.79 Å². The number of hydrogen-bond acceptors (Lipinski definition) is 4. The van der Waals surface area contributed by atoms with Crippen LogP contribution >= 0.6 is 11.9 Å². The van der Waals surface area contributed by atoms with E-state index >= 15 is 0 Å². The molecule has 0 spiro atoms. The van der Waals surface area contributed by atoms with Crippen molar-refractivity contribution < 1.29 is 4.79 Å². The van der Waals surface area contributed by atoms with Gasteiger partial charge in [0.2, 0.25) is 5.91 Å². The van der Waals surface area contributed by atoms with Gasteiger partial charge in [0.05, 0.1) is 11.6 Å². The van der Waals surface area contributed by atoms with Gasteiger partial charge in [-0.25, -0.2) is 4.31 Å². The van der Waals surface area contributed by atoms with Crippen molar-refractivity contribution in [1.29, 1.82) is 5.26 Å². The van der Waals surface area contributed by atoms with E-state index in [1.165, 1.54) is 32.7 Å². The Labute approximate surface area is 200 Å². The van der Waals surface area contributed by atoms with E-state index in [0.717, 1.165) is 12.1 Å². The second-order valence-corrected chi connectivity index (χ2v) is 9.75. The molecule has 0 bridgehead atoms. The molecule has 4 rings (SSSR count). The molecule has 1 heterocycles. The van der Waals surface area contributed by atoms with Gasteiger partial charge in [0, 0.05) is 18.0 Å². The number of carbonyl (C=O) groups is 1. The number of fused-ring (bicyclic) bond motifs is 1. The third kappa shape index (κ3) is 5.30. The molecular weight excluding hydrogens is 426 g/mol. The second-order valence-electron chi connectivity index (χ2n) is 8.69. The summed E-state index contributed by atoms with van der Waals surface area (Å²) >= 11 is 1.69. The molecule has 1 amide bonds. The lowest BCUT2D eigenvalue weighted by molar-refractivity contribution is -0.125. The summed E-state index contributed by atoms with van der Waals surface area (Å²) in [7, 11) is 0. The fourth-order valence-corrected chi connectivity index (χ4v) is 5.67. The number of amides is 1. The minimum atomic E-state index is -0.254. The van der Waals surface area contributed by atoms with Crippen molar-refractivity contribution in [3.8, 4) is 6.07 Å². The van der Waals surface area contributed by atoms with Gasteiger partial charge in [-0.1, -0.05) is 60.2 Å². The Bertz CT molecular complexity index is 1190. The molecule has 3 aromatic rings. The first-order valence-corrected chi connectivity index (χ1v) is 12.1. The lowest BCUT2D eigenvalue weighted by atomic mass is 9.95. The molecule has 0 aliphatic carbocycles. The Balaban J connectivity index is 1.52. The molecule has 33 heavy (non-hydrogen) atoms. The van der Waals surface area contributed by atoms with Gasteiger partial charge in [-0.2, -0.15) is 5.26 Å². The van der Waals surface area contributed by atoms with Crippen LogP contribution < -0.4 is 5.32 Å². The minimum absolute atomic E-state index is 0.0360. The van der Waals surface area contributed by atoms with Crippen molar-refractivity contribution >= 4 is 17.9 Å². The number of nitrogens with zero attached hydrogens (tertiary/aromatic N) is 2. The van der Waals surface area contributed by atoms with Gasteiger partial charge in [0.15, 0.2) is 0 Å². The molecule has 0 radical (unpaired) electrons. The van der Waals surface area contributed by atoms with Gasteiger partial charge in [0.1, 0.15) is 6.04 Å². The summed E-state index contributed by atoms with van der Waals surface area (Å²) in [5.41, 5.74) is 7.88. The number of hydrogen-bond donors (Lipinski definition) is 1. The maximum Gasteiger partial charge on any atom is 0.238 e. The first-order valence-electron chi connectivity index (χ1n) is 11.3. The van der Waals surface area contributed by atoms with Crippen molar-refractivity contribution in [3.63, 3.8) is 0 Å². The molecule has 168 valence electrons. The number of carbonyl (C=O) groups excluding carboxylic acids is 1. The number of benzene rings is 3. The van der Waals surface area contributed by atoms with Crippen molar-refractivity contribution in [2.45, 2.75) is 51.1 Å². The molecule has 1 unspecified atom stereocenters. The minimum Gasteiger partial charge on any atom is -0.354 e. The Morgan fingerprint density at radius 3 is 2.45 bits per heavy atom. The number of rotatable bonds is 6. The average Bonchev–Trinajstić information content (AvgIpc) is 2.81. The van der Waals surface area contributed by atoms with Crippen LogP contribution in [0.2, 0.25) is 0 Å². The number of nitrogens with one attached hydrogen (secondary N) is 1. The first kappa shape index (κ1) is 23.1. The molecule has 5 heteroatoms. The quantitative estimate of drug-likeness (QED) is 0.514. The zero-order valence-electron chi connectivity index (χ0n) is 19.4. The van der Waals surface area contributed by atoms with Crippen molar-refractivity contribution in [1.82, 2.24) is 9.62 Å². The zero-order chi connectivity index (χ0) is 23.4. The fraction of sp³-hybridized carbons (Fsp3) is 0.286. The lowest BCUT2D eigenvalue weighted by Crippen LogP contribution is -2.47. The van der Waals surface area contributed by atoms with Gasteiger partial charge >= 0.3 is 0 Å². The fourth-order valence-electron chi connectivity index (χ4n) is 4.53. The molecule has 0 fully saturated rings. The van der Waals surface area contributed by atoms with E-state index in [4.69, 9.17) is 0 Å². The van der Waals surface area contributed by atoms with Crippen LogP contribution in [0.1, 0.15) is 38.9 Å². The molecule has 1 atom stereocenters. The highest BCUT2D eigenvalue weighted by Gasteiger charge is 2.32. The Morgan fingerprint density at radius 1 is 1.06 bits per heavy atom. The van der Waals surface area contributed by atoms with Crippen molar-refractivity contribution in [3.05, 3.63) is 99.6 Å². The molecule has 1 N–H and O–H groups in total. The molecule has 0 saturated heterocycles. The monoisotopic (exact) mass is 455 g/mol. The highest BCUT2D eigenvalue weighted by molar-refractivity contribution is 7.97. The van der Waals surface area contributed by atoms with Crippen LogP contribution in [0, 0.1) is 32.1 Å². The van der Waals surface area contributed by atoms with Crippen molar-refractivity contribution in [2.75, 3.05) is 6.54 Å². The predicted octanol–water partition coefficient (Wildman–Crippen LogP) is 5.28. The summed E-state index contributed by atoms with van der Waals surface area (Å²) in [6.45, 7) is 7.63. The normalized spacial score (nSPS) is 15.5. The Hall–Kier alpha value is -3.07. The van der Waals surface area contributed by atoms with E-state index in [-0.39, 0.29) is 11.9 Å². The van der Waals surface area contributed by atoms with E-state index < -0.39 is 0 Å². The first-order chi connectivity index (χ1) is 16.0. The van der Waals surface area contributed by atoms with Crippen LogP contribution in [0.4, 0.5) is 0 Å². The van der Waals surface area contributed by atoms with Crippen LogP contribution in [-0.2, 0) is 24.2 Å². The third-order valence-corrected chi connectivity index (χ3v) is 7.60. The van der Waals surface area contributed by atoms with Gasteiger partial charge < -0.3 is 5.32 Å². The van der Waals surface area contributed by atoms with Crippen LogP contribution in [0.5, 0.6) is 0 Å². The summed E-state index contributed by atoms with van der Waals surface area (Å²) in [5.74, 6) is 0.0360. The van der Waals surface area contributed by atoms with Crippen LogP contribution in [0.3, 0.4) is 0 Å². The van der Waals surface area contributed by atoms with Crippen LogP contribution in [0.15, 0.2) is 65.6 Å². The van der Waals surface area contributed by atoms with Gasteiger partial charge in [0.25, 0.3) is 0 Å². The molecule has 4 nitrogen and oxygen atoms in total. The van der Waals surface area contributed by atoms with E-state index in [9.17, 15) is 10.1 Å². The Kier molecular flexibility index (Phi) is 7.17. The zero-order valence-corrected chi connectivity index (χ0v) is 20.2. The second kappa shape index (κ2) is 10.2. The molecule has 1 aliphatic rings. The highest BCUT2D eigenvalue weighted by Crippen LogP contribution is 2.36. The molecule has 3 aromatic carbocycles. The van der Waals surface area contributed by atoms with E-state index in [1.807, 2.05) is 30.3 Å². The van der Waals surface area contributed by atoms with Crippen LogP contribution in [0.25, 0.3) is 0 Å².